The lowest BCUT2D eigenvalue weighted by Crippen LogP contribution is -2.32. The average molecular weight is 284 g/mol. The number of halogens is 1. The van der Waals surface area contributed by atoms with Crippen molar-refractivity contribution in [1.29, 1.82) is 0 Å². The molecule has 3 rings (SSSR count). The van der Waals surface area contributed by atoms with Crippen molar-refractivity contribution >= 4 is 0 Å². The summed E-state index contributed by atoms with van der Waals surface area (Å²) in [6, 6.07) is 14.4. The van der Waals surface area contributed by atoms with E-state index in [1.807, 2.05) is 19.2 Å². The largest absolute Gasteiger partial charge is 0.316 e. The molecular weight excluding hydrogens is 263 g/mol. The van der Waals surface area contributed by atoms with Gasteiger partial charge in [-0.05, 0) is 25.2 Å². The SMILES string of the molecule is CNCc1ccc2c(c1F)CN(C)CC2c1ccccc1. The minimum Gasteiger partial charge on any atom is -0.316 e. The number of hydrogen-bond acceptors (Lipinski definition) is 2. The van der Waals surface area contributed by atoms with E-state index < -0.39 is 0 Å². The van der Waals surface area contributed by atoms with Crippen LogP contribution in [0.25, 0.3) is 0 Å². The summed E-state index contributed by atoms with van der Waals surface area (Å²) in [6.07, 6.45) is 0. The molecule has 1 atom stereocenters. The summed E-state index contributed by atoms with van der Waals surface area (Å²) >= 11 is 0. The number of nitrogens with one attached hydrogen (secondary N) is 1. The highest BCUT2D eigenvalue weighted by atomic mass is 19.1. The molecule has 0 bridgehead atoms. The second-order valence-corrected chi connectivity index (χ2v) is 5.80. The number of hydrogen-bond donors (Lipinski definition) is 1. The third-order valence-electron chi connectivity index (χ3n) is 4.23. The van der Waals surface area contributed by atoms with Crippen LogP contribution < -0.4 is 5.32 Å². The zero-order valence-electron chi connectivity index (χ0n) is 12.6. The van der Waals surface area contributed by atoms with Crippen molar-refractivity contribution in [2.45, 2.75) is 19.0 Å². The van der Waals surface area contributed by atoms with Crippen LogP contribution in [0.4, 0.5) is 4.39 Å². The molecule has 0 fully saturated rings. The summed E-state index contributed by atoms with van der Waals surface area (Å²) in [5, 5.41) is 3.03. The van der Waals surface area contributed by atoms with Gasteiger partial charge in [0.2, 0.25) is 0 Å². The highest BCUT2D eigenvalue weighted by molar-refractivity contribution is 5.43. The standard InChI is InChI=1S/C18H21FN2/c1-20-10-14-8-9-15-16(13-6-4-3-5-7-13)11-21(2)12-17(15)18(14)19/h3-9,16,20H,10-12H2,1-2H3. The Morgan fingerprint density at radius 1 is 1.19 bits per heavy atom. The van der Waals surface area contributed by atoms with Gasteiger partial charge in [-0.25, -0.2) is 4.39 Å². The summed E-state index contributed by atoms with van der Waals surface area (Å²) in [5.74, 6) is 0.201. The first kappa shape index (κ1) is 14.2. The molecule has 0 amide bonds. The maximum absolute atomic E-state index is 14.7. The molecule has 1 N–H and O–H groups in total. The predicted octanol–water partition coefficient (Wildman–Crippen LogP) is 3.12. The molecule has 2 aromatic rings. The maximum atomic E-state index is 14.7. The van der Waals surface area contributed by atoms with Gasteiger partial charge >= 0.3 is 0 Å². The molecule has 0 aromatic heterocycles. The molecule has 1 unspecified atom stereocenters. The van der Waals surface area contributed by atoms with Crippen LogP contribution in [-0.4, -0.2) is 25.5 Å². The first-order chi connectivity index (χ1) is 10.2. The zero-order valence-corrected chi connectivity index (χ0v) is 12.6. The number of likely N-dealkylation sites (N-methyl/N-ethyl adjacent to an activating group) is 1. The Hall–Kier alpha value is -1.71. The quantitative estimate of drug-likeness (QED) is 0.931. The first-order valence-electron chi connectivity index (χ1n) is 7.39. The van der Waals surface area contributed by atoms with E-state index in [-0.39, 0.29) is 11.7 Å². The monoisotopic (exact) mass is 284 g/mol. The Morgan fingerprint density at radius 3 is 2.67 bits per heavy atom. The first-order valence-corrected chi connectivity index (χ1v) is 7.39. The van der Waals surface area contributed by atoms with Gasteiger partial charge in [-0.1, -0.05) is 42.5 Å². The average Bonchev–Trinajstić information content (AvgIpc) is 2.51. The molecule has 1 aliphatic rings. The predicted molar refractivity (Wildman–Crippen MR) is 83.8 cm³/mol. The van der Waals surface area contributed by atoms with Gasteiger partial charge in [0.05, 0.1) is 0 Å². The number of fused-ring (bicyclic) bond motifs is 1. The van der Waals surface area contributed by atoms with Crippen molar-refractivity contribution in [1.82, 2.24) is 10.2 Å². The molecule has 0 aliphatic carbocycles. The van der Waals surface area contributed by atoms with E-state index in [0.29, 0.717) is 13.1 Å². The van der Waals surface area contributed by atoms with Gasteiger partial charge in [0, 0.05) is 36.7 Å². The normalized spacial score (nSPS) is 18.5. The molecule has 0 saturated carbocycles. The van der Waals surface area contributed by atoms with Crippen LogP contribution in [0.15, 0.2) is 42.5 Å². The fourth-order valence-corrected chi connectivity index (χ4v) is 3.21. The van der Waals surface area contributed by atoms with Crippen molar-refractivity contribution in [3.05, 3.63) is 70.5 Å². The zero-order chi connectivity index (χ0) is 14.8. The van der Waals surface area contributed by atoms with Crippen molar-refractivity contribution in [2.24, 2.45) is 0 Å². The van der Waals surface area contributed by atoms with Gasteiger partial charge in [0.15, 0.2) is 0 Å². The van der Waals surface area contributed by atoms with Gasteiger partial charge in [-0.3, -0.25) is 0 Å². The van der Waals surface area contributed by atoms with E-state index >= 15 is 0 Å². The van der Waals surface area contributed by atoms with Gasteiger partial charge in [0.25, 0.3) is 0 Å². The number of nitrogens with zero attached hydrogens (tertiary/aromatic N) is 1. The van der Waals surface area contributed by atoms with Crippen LogP contribution in [0, 0.1) is 5.82 Å². The topological polar surface area (TPSA) is 15.3 Å². The Balaban J connectivity index is 2.07. The Morgan fingerprint density at radius 2 is 1.95 bits per heavy atom. The van der Waals surface area contributed by atoms with Crippen LogP contribution in [0.1, 0.15) is 28.2 Å². The molecular formula is C18H21FN2. The van der Waals surface area contributed by atoms with E-state index in [2.05, 4.69) is 47.6 Å². The van der Waals surface area contributed by atoms with Crippen LogP contribution in [-0.2, 0) is 13.1 Å². The fourth-order valence-electron chi connectivity index (χ4n) is 3.21. The van der Waals surface area contributed by atoms with E-state index in [1.165, 1.54) is 5.56 Å². The van der Waals surface area contributed by atoms with Gasteiger partial charge in [0.1, 0.15) is 5.82 Å². The van der Waals surface area contributed by atoms with Crippen molar-refractivity contribution in [2.75, 3.05) is 20.6 Å². The van der Waals surface area contributed by atoms with Crippen LogP contribution in [0.5, 0.6) is 0 Å². The molecule has 0 spiro atoms. The molecule has 21 heavy (non-hydrogen) atoms. The summed E-state index contributed by atoms with van der Waals surface area (Å²) in [7, 11) is 3.90. The molecule has 3 heteroatoms. The highest BCUT2D eigenvalue weighted by Crippen LogP contribution is 2.35. The van der Waals surface area contributed by atoms with E-state index in [0.717, 1.165) is 23.2 Å². The van der Waals surface area contributed by atoms with Gasteiger partial charge in [-0.2, -0.15) is 0 Å². The fraction of sp³-hybridized carbons (Fsp3) is 0.333. The van der Waals surface area contributed by atoms with Gasteiger partial charge in [-0.15, -0.1) is 0 Å². The van der Waals surface area contributed by atoms with Crippen LogP contribution in [0.3, 0.4) is 0 Å². The van der Waals surface area contributed by atoms with E-state index in [1.54, 1.807) is 0 Å². The van der Waals surface area contributed by atoms with Crippen molar-refractivity contribution in [3.8, 4) is 0 Å². The van der Waals surface area contributed by atoms with Gasteiger partial charge < -0.3 is 10.2 Å². The second kappa shape index (κ2) is 5.96. The summed E-state index contributed by atoms with van der Waals surface area (Å²) in [5.41, 5.74) is 3.99. The highest BCUT2D eigenvalue weighted by Gasteiger charge is 2.27. The minimum atomic E-state index is -0.0469. The van der Waals surface area contributed by atoms with Crippen molar-refractivity contribution < 1.29 is 4.39 Å². The lowest BCUT2D eigenvalue weighted by molar-refractivity contribution is 0.288. The third-order valence-corrected chi connectivity index (χ3v) is 4.23. The van der Waals surface area contributed by atoms with Crippen LogP contribution in [0.2, 0.25) is 0 Å². The van der Waals surface area contributed by atoms with E-state index in [9.17, 15) is 4.39 Å². The third kappa shape index (κ3) is 2.71. The number of benzene rings is 2. The molecule has 1 aliphatic heterocycles. The Kier molecular flexibility index (Phi) is 4.04. The lowest BCUT2D eigenvalue weighted by Gasteiger charge is -2.33. The molecule has 110 valence electrons. The summed E-state index contributed by atoms with van der Waals surface area (Å²) in [4.78, 5) is 2.20. The minimum absolute atomic E-state index is 0.0469. The Bertz CT molecular complexity index is 625. The second-order valence-electron chi connectivity index (χ2n) is 5.80. The molecule has 0 radical (unpaired) electrons. The van der Waals surface area contributed by atoms with Crippen molar-refractivity contribution in [3.63, 3.8) is 0 Å². The summed E-state index contributed by atoms with van der Waals surface area (Å²) < 4.78 is 14.7. The molecule has 2 aromatic carbocycles. The number of rotatable bonds is 3. The Labute approximate surface area is 125 Å². The summed E-state index contributed by atoms with van der Waals surface area (Å²) in [6.45, 7) is 2.18. The smallest absolute Gasteiger partial charge is 0.132 e. The molecule has 2 nitrogen and oxygen atoms in total. The lowest BCUT2D eigenvalue weighted by atomic mass is 9.84. The molecule has 1 heterocycles. The van der Waals surface area contributed by atoms with Crippen LogP contribution >= 0.6 is 0 Å². The molecule has 0 saturated heterocycles. The van der Waals surface area contributed by atoms with E-state index in [4.69, 9.17) is 0 Å². The maximum Gasteiger partial charge on any atom is 0.132 e.